The summed E-state index contributed by atoms with van der Waals surface area (Å²) in [4.78, 5) is 11.8. The highest BCUT2D eigenvalue weighted by Crippen LogP contribution is 2.41. The first kappa shape index (κ1) is 22.3. The molecule has 0 amide bonds. The van der Waals surface area contributed by atoms with Gasteiger partial charge in [-0.15, -0.1) is 0 Å². The molecule has 2 heteroatoms. The normalized spacial score (nSPS) is 29.7. The van der Waals surface area contributed by atoms with Crippen LogP contribution in [0.15, 0.2) is 11.6 Å². The second-order valence-corrected chi connectivity index (χ2v) is 9.19. The number of carbonyl (C=O) groups excluding carboxylic acids is 1. The molecule has 0 aromatic rings. The average Bonchev–Trinajstić information content (AvgIpc) is 2.56. The van der Waals surface area contributed by atoms with Gasteiger partial charge in [0.15, 0.2) is 0 Å². The average molecular weight is 351 g/mol. The van der Waals surface area contributed by atoms with Gasteiger partial charge in [-0.05, 0) is 89.4 Å². The van der Waals surface area contributed by atoms with Gasteiger partial charge in [-0.3, -0.25) is 4.79 Å². The SMILES string of the molecule is CC1=CCC(C(C)C)CC1.CCOC(=O)C1(C)CCC(C(C)C)CC1. The zero-order valence-corrected chi connectivity index (χ0v) is 17.9. The summed E-state index contributed by atoms with van der Waals surface area (Å²) < 4.78 is 5.14. The smallest absolute Gasteiger partial charge is 0.311 e. The number of allylic oxidation sites excluding steroid dienone is 2. The number of rotatable bonds is 4. The van der Waals surface area contributed by atoms with Crippen LogP contribution in [-0.4, -0.2) is 12.6 Å². The molecule has 25 heavy (non-hydrogen) atoms. The van der Waals surface area contributed by atoms with Gasteiger partial charge in [0.1, 0.15) is 0 Å². The molecule has 0 N–H and O–H groups in total. The summed E-state index contributed by atoms with van der Waals surface area (Å²) in [6, 6.07) is 0. The minimum Gasteiger partial charge on any atom is -0.466 e. The van der Waals surface area contributed by atoms with Crippen molar-refractivity contribution in [3.63, 3.8) is 0 Å². The molecule has 146 valence electrons. The van der Waals surface area contributed by atoms with Gasteiger partial charge in [0.2, 0.25) is 0 Å². The van der Waals surface area contributed by atoms with Crippen LogP contribution >= 0.6 is 0 Å². The van der Waals surface area contributed by atoms with Gasteiger partial charge in [0.05, 0.1) is 12.0 Å². The predicted octanol–water partition coefficient (Wildman–Crippen LogP) is 6.79. The van der Waals surface area contributed by atoms with E-state index in [0.29, 0.717) is 6.61 Å². The molecule has 2 aliphatic carbocycles. The standard InChI is InChI=1S/C13H24O2.C10H18/c1-5-15-12(14)13(4)8-6-11(7-9-13)10(2)3;1-8(2)10-6-4-9(3)5-7-10/h10-11H,5-9H2,1-4H3;4,8,10H,5-7H2,1-3H3. The fourth-order valence-electron chi connectivity index (χ4n) is 4.04. The first-order valence-electron chi connectivity index (χ1n) is 10.5. The zero-order chi connectivity index (χ0) is 19.0. The molecule has 2 rings (SSSR count). The summed E-state index contributed by atoms with van der Waals surface area (Å²) in [5.74, 6) is 3.39. The molecule has 1 unspecified atom stereocenters. The molecule has 2 aliphatic rings. The van der Waals surface area contributed by atoms with Gasteiger partial charge in [0, 0.05) is 0 Å². The largest absolute Gasteiger partial charge is 0.466 e. The van der Waals surface area contributed by atoms with Gasteiger partial charge in [-0.1, -0.05) is 39.3 Å². The van der Waals surface area contributed by atoms with Crippen LogP contribution in [0, 0.1) is 29.1 Å². The summed E-state index contributed by atoms with van der Waals surface area (Å²) in [6.45, 7) is 15.9. The Kier molecular flexibility index (Phi) is 9.24. The quantitative estimate of drug-likeness (QED) is 0.412. The van der Waals surface area contributed by atoms with Crippen molar-refractivity contribution in [3.05, 3.63) is 11.6 Å². The van der Waals surface area contributed by atoms with E-state index in [1.54, 1.807) is 5.57 Å². The molecule has 0 aromatic carbocycles. The number of carbonyl (C=O) groups is 1. The maximum atomic E-state index is 11.8. The monoisotopic (exact) mass is 350 g/mol. The Morgan fingerprint density at radius 3 is 2.08 bits per heavy atom. The van der Waals surface area contributed by atoms with E-state index in [4.69, 9.17) is 4.74 Å². The van der Waals surface area contributed by atoms with E-state index in [1.807, 2.05) is 6.92 Å². The van der Waals surface area contributed by atoms with Crippen LogP contribution in [0.2, 0.25) is 0 Å². The van der Waals surface area contributed by atoms with Gasteiger partial charge in [0.25, 0.3) is 0 Å². The van der Waals surface area contributed by atoms with Crippen molar-refractivity contribution in [2.24, 2.45) is 29.1 Å². The number of esters is 1. The Bertz CT molecular complexity index is 425. The molecule has 0 spiro atoms. The highest BCUT2D eigenvalue weighted by Gasteiger charge is 2.39. The Balaban J connectivity index is 0.000000271. The number of ether oxygens (including phenoxy) is 1. The minimum atomic E-state index is -0.207. The van der Waals surface area contributed by atoms with E-state index in [1.165, 1.54) is 32.1 Å². The molecule has 0 aliphatic heterocycles. The van der Waals surface area contributed by atoms with E-state index in [0.717, 1.165) is 36.5 Å². The number of hydrogen-bond donors (Lipinski definition) is 0. The van der Waals surface area contributed by atoms with Crippen LogP contribution in [-0.2, 0) is 9.53 Å². The van der Waals surface area contributed by atoms with Crippen molar-refractivity contribution in [2.45, 2.75) is 93.4 Å². The van der Waals surface area contributed by atoms with Crippen LogP contribution in [0.25, 0.3) is 0 Å². The van der Waals surface area contributed by atoms with E-state index in [2.05, 4.69) is 47.6 Å². The highest BCUT2D eigenvalue weighted by atomic mass is 16.5. The summed E-state index contributed by atoms with van der Waals surface area (Å²) in [5, 5.41) is 0. The van der Waals surface area contributed by atoms with Crippen LogP contribution in [0.5, 0.6) is 0 Å². The molecule has 0 radical (unpaired) electrons. The lowest BCUT2D eigenvalue weighted by Crippen LogP contribution is -2.35. The fraction of sp³-hybridized carbons (Fsp3) is 0.870. The third kappa shape index (κ3) is 7.15. The highest BCUT2D eigenvalue weighted by molar-refractivity contribution is 5.76. The van der Waals surface area contributed by atoms with Gasteiger partial charge in [-0.2, -0.15) is 0 Å². The van der Waals surface area contributed by atoms with E-state index in [9.17, 15) is 4.79 Å². The Morgan fingerprint density at radius 1 is 1.12 bits per heavy atom. The van der Waals surface area contributed by atoms with Crippen LogP contribution < -0.4 is 0 Å². The second-order valence-electron chi connectivity index (χ2n) is 9.19. The van der Waals surface area contributed by atoms with Crippen molar-refractivity contribution in [2.75, 3.05) is 6.61 Å². The summed E-state index contributed by atoms with van der Waals surface area (Å²) >= 11 is 0. The lowest BCUT2D eigenvalue weighted by atomic mass is 9.69. The van der Waals surface area contributed by atoms with Crippen LogP contribution in [0.3, 0.4) is 0 Å². The molecule has 1 fully saturated rings. The molecular formula is C23H42O2. The van der Waals surface area contributed by atoms with Gasteiger partial charge < -0.3 is 4.74 Å². The van der Waals surface area contributed by atoms with Crippen molar-refractivity contribution in [3.8, 4) is 0 Å². The van der Waals surface area contributed by atoms with E-state index in [-0.39, 0.29) is 11.4 Å². The Hall–Kier alpha value is -0.790. The third-order valence-electron chi connectivity index (χ3n) is 6.47. The molecular weight excluding hydrogens is 308 g/mol. The summed E-state index contributed by atoms with van der Waals surface area (Å²) in [6.07, 6.45) is 10.8. The molecule has 0 saturated heterocycles. The maximum Gasteiger partial charge on any atom is 0.311 e. The van der Waals surface area contributed by atoms with Crippen LogP contribution in [0.1, 0.15) is 93.4 Å². The minimum absolute atomic E-state index is 0.00667. The van der Waals surface area contributed by atoms with Crippen molar-refractivity contribution in [1.82, 2.24) is 0 Å². The summed E-state index contributed by atoms with van der Waals surface area (Å²) in [7, 11) is 0. The molecule has 0 aromatic heterocycles. The predicted molar refractivity (Wildman–Crippen MR) is 107 cm³/mol. The van der Waals surface area contributed by atoms with E-state index >= 15 is 0 Å². The first-order valence-corrected chi connectivity index (χ1v) is 10.5. The maximum absolute atomic E-state index is 11.8. The van der Waals surface area contributed by atoms with Crippen molar-refractivity contribution >= 4 is 5.97 Å². The number of hydrogen-bond acceptors (Lipinski definition) is 2. The third-order valence-corrected chi connectivity index (χ3v) is 6.47. The first-order chi connectivity index (χ1) is 11.7. The molecule has 2 nitrogen and oxygen atoms in total. The van der Waals surface area contributed by atoms with Crippen LogP contribution in [0.4, 0.5) is 0 Å². The van der Waals surface area contributed by atoms with Gasteiger partial charge >= 0.3 is 5.97 Å². The second kappa shape index (κ2) is 10.4. The Labute approximate surface area is 156 Å². The zero-order valence-electron chi connectivity index (χ0n) is 17.9. The molecule has 1 saturated carbocycles. The fourth-order valence-corrected chi connectivity index (χ4v) is 4.04. The molecule has 0 bridgehead atoms. The lowest BCUT2D eigenvalue weighted by Gasteiger charge is -2.36. The summed E-state index contributed by atoms with van der Waals surface area (Å²) in [5.41, 5.74) is 1.39. The lowest BCUT2D eigenvalue weighted by molar-refractivity contribution is -0.157. The molecule has 1 atom stereocenters. The topological polar surface area (TPSA) is 26.3 Å². The van der Waals surface area contributed by atoms with E-state index < -0.39 is 0 Å². The molecule has 0 heterocycles. The van der Waals surface area contributed by atoms with Crippen molar-refractivity contribution < 1.29 is 9.53 Å². The van der Waals surface area contributed by atoms with Gasteiger partial charge in [-0.25, -0.2) is 0 Å². The van der Waals surface area contributed by atoms with Crippen molar-refractivity contribution in [1.29, 1.82) is 0 Å². The Morgan fingerprint density at radius 2 is 1.68 bits per heavy atom.